The summed E-state index contributed by atoms with van der Waals surface area (Å²) in [4.78, 5) is 48.0. The van der Waals surface area contributed by atoms with Gasteiger partial charge in [0.05, 0.1) is 54.9 Å². The maximum Gasteiger partial charge on any atom is 0.331 e. The van der Waals surface area contributed by atoms with Crippen molar-refractivity contribution in [1.29, 1.82) is 0 Å². The predicted octanol–water partition coefficient (Wildman–Crippen LogP) is 3.12. The van der Waals surface area contributed by atoms with Gasteiger partial charge in [-0.25, -0.2) is 9.59 Å². The first-order valence-electron chi connectivity index (χ1n) is 26.2. The highest BCUT2D eigenvalue weighted by molar-refractivity contribution is 5.90. The van der Waals surface area contributed by atoms with Crippen molar-refractivity contribution < 1.29 is 89.6 Å². The summed E-state index contributed by atoms with van der Waals surface area (Å²) in [5, 5.41) is 122. The van der Waals surface area contributed by atoms with Crippen molar-refractivity contribution >= 4 is 23.9 Å². The van der Waals surface area contributed by atoms with Crippen LogP contribution in [0.15, 0.2) is 60.3 Å². The zero-order chi connectivity index (χ0) is 55.7. The Balaban J connectivity index is 2.41. The number of carbonyl (C=O) groups excluding carboxylic acids is 3. The molecule has 74 heavy (non-hydrogen) atoms. The van der Waals surface area contributed by atoms with Crippen molar-refractivity contribution in [3.8, 4) is 0 Å². The van der Waals surface area contributed by atoms with E-state index < -0.39 is 134 Å². The van der Waals surface area contributed by atoms with E-state index in [1.54, 1.807) is 52.0 Å². The third-order valence-corrected chi connectivity index (χ3v) is 14.2. The van der Waals surface area contributed by atoms with Gasteiger partial charge >= 0.3 is 23.9 Å². The molecule has 1 fully saturated rings. The van der Waals surface area contributed by atoms with E-state index >= 15 is 0 Å². The molecule has 0 aromatic heterocycles. The number of ether oxygens (including phenoxy) is 3. The number of urea groups is 1. The summed E-state index contributed by atoms with van der Waals surface area (Å²) in [7, 11) is 0. The summed E-state index contributed by atoms with van der Waals surface area (Å²) < 4.78 is 17.3. The lowest BCUT2D eigenvalue weighted by molar-refractivity contribution is -0.333. The van der Waals surface area contributed by atoms with E-state index in [-0.39, 0.29) is 63.2 Å². The Morgan fingerprint density at radius 2 is 1.45 bits per heavy atom. The predicted molar refractivity (Wildman–Crippen MR) is 274 cm³/mol. The number of hydrogen-bond acceptors (Lipinski definition) is 17. The summed E-state index contributed by atoms with van der Waals surface area (Å²) in [6.07, 6.45) is 1.45. The zero-order valence-electron chi connectivity index (χ0n) is 44.2. The third kappa shape index (κ3) is 25.2. The lowest BCUT2D eigenvalue weighted by Crippen LogP contribution is -2.60. The number of carboxylic acid groups (broad SMARTS) is 1. The van der Waals surface area contributed by atoms with E-state index in [1.807, 2.05) is 26.0 Å². The van der Waals surface area contributed by atoms with Gasteiger partial charge in [0.15, 0.2) is 5.79 Å². The molecule has 18 atom stereocenters. The summed E-state index contributed by atoms with van der Waals surface area (Å²) >= 11 is 0. The van der Waals surface area contributed by atoms with Crippen molar-refractivity contribution in [2.24, 2.45) is 35.3 Å². The fourth-order valence-electron chi connectivity index (χ4n) is 9.24. The van der Waals surface area contributed by atoms with E-state index in [0.717, 1.165) is 32.1 Å². The smallest absolute Gasteiger partial charge is 0.331 e. The lowest BCUT2D eigenvalue weighted by Gasteiger charge is -2.45. The molecule has 0 saturated carbocycles. The molecule has 2 bridgehead atoms. The van der Waals surface area contributed by atoms with Gasteiger partial charge in [0, 0.05) is 68.9 Å². The van der Waals surface area contributed by atoms with Gasteiger partial charge in [0.25, 0.3) is 0 Å². The molecule has 1 saturated heterocycles. The standard InChI is InChI=1S/C54H90N2O18/c1-32-16-12-13-20-49(67)73-51(35(4)17-11-9-7-8-10-14-23-56-53(55)70)36(5)19-15-18-33(2)43(60)26-39(58)24-38(57)25-40(72-50(68)30-48(65)66)27-41-28-46(63)52(69)54(71,74-41)31-47(64)34(3)21-22-42(59)37(6)45(62)29-44(32)61/h7-8,12-13,15-16,18-20,32,34-47,51-52,57-64,69,71H,9-11,14,17,21-31H2,1-6H3,(H,65,66)(H3,55,56,70)/b8-7+,16-12+,19-15+,20-13+,33-18+. The number of hydrogen-bond donors (Lipinski definition) is 13. The second-order valence-corrected chi connectivity index (χ2v) is 20.9. The topological polar surface area (TPSA) is 357 Å². The average Bonchev–Trinajstić information content (AvgIpc) is 3.30. The molecule has 2 heterocycles. The molecule has 14 N–H and O–H groups in total. The number of nitrogens with two attached hydrogens (primary N) is 1. The monoisotopic (exact) mass is 1050 g/mol. The van der Waals surface area contributed by atoms with Crippen molar-refractivity contribution in [2.45, 2.75) is 217 Å². The van der Waals surface area contributed by atoms with Gasteiger partial charge in [-0.2, -0.15) is 0 Å². The molecule has 424 valence electrons. The Kier molecular flexibility index (Phi) is 30.2. The van der Waals surface area contributed by atoms with Crippen LogP contribution in [-0.4, -0.2) is 166 Å². The maximum absolute atomic E-state index is 13.2. The number of esters is 2. The second-order valence-electron chi connectivity index (χ2n) is 20.9. The summed E-state index contributed by atoms with van der Waals surface area (Å²) in [6.45, 7) is 11.0. The van der Waals surface area contributed by atoms with E-state index in [0.29, 0.717) is 12.1 Å². The number of aliphatic hydroxyl groups is 10. The number of cyclic esters (lactones) is 1. The molecule has 18 unspecified atom stereocenters. The molecule has 2 rings (SSSR count). The molecule has 0 aromatic rings. The molecule has 2 aliphatic heterocycles. The summed E-state index contributed by atoms with van der Waals surface area (Å²) in [5.74, 6) is -7.93. The van der Waals surface area contributed by atoms with Gasteiger partial charge < -0.3 is 81.4 Å². The molecule has 0 aromatic carbocycles. The molecular formula is C54H90N2O18. The van der Waals surface area contributed by atoms with Crippen LogP contribution in [0.5, 0.6) is 0 Å². The Morgan fingerprint density at radius 3 is 2.11 bits per heavy atom. The van der Waals surface area contributed by atoms with Crippen LogP contribution in [0.2, 0.25) is 0 Å². The average molecular weight is 1060 g/mol. The summed E-state index contributed by atoms with van der Waals surface area (Å²) in [5.41, 5.74) is 5.58. The number of amides is 2. The largest absolute Gasteiger partial charge is 0.481 e. The van der Waals surface area contributed by atoms with Crippen molar-refractivity contribution in [1.82, 2.24) is 5.32 Å². The van der Waals surface area contributed by atoms with Gasteiger partial charge in [-0.15, -0.1) is 0 Å². The van der Waals surface area contributed by atoms with Crippen LogP contribution in [0.3, 0.4) is 0 Å². The minimum atomic E-state index is -2.53. The van der Waals surface area contributed by atoms with Crippen molar-refractivity contribution in [3.63, 3.8) is 0 Å². The fraction of sp³-hybridized carbons (Fsp3) is 0.741. The number of primary amides is 1. The molecule has 0 radical (unpaired) electrons. The quantitative estimate of drug-likeness (QED) is 0.0578. The van der Waals surface area contributed by atoms with Gasteiger partial charge in [-0.3, -0.25) is 9.59 Å². The first-order valence-corrected chi connectivity index (χ1v) is 26.2. The Hall–Kier alpha value is -4.06. The van der Waals surface area contributed by atoms with Crippen LogP contribution in [0.1, 0.15) is 138 Å². The number of nitrogens with one attached hydrogen (secondary N) is 1. The summed E-state index contributed by atoms with van der Waals surface area (Å²) in [6, 6.07) is -0.563. The minimum absolute atomic E-state index is 0.0805. The highest BCUT2D eigenvalue weighted by Gasteiger charge is 2.50. The molecule has 2 amide bonds. The minimum Gasteiger partial charge on any atom is -0.481 e. The first kappa shape index (κ1) is 66.1. The van der Waals surface area contributed by atoms with Crippen LogP contribution < -0.4 is 11.1 Å². The molecular weight excluding hydrogens is 965 g/mol. The number of fused-ring (bicyclic) bond motifs is 2. The first-order chi connectivity index (χ1) is 34.7. The molecule has 0 aliphatic carbocycles. The van der Waals surface area contributed by atoms with E-state index in [2.05, 4.69) is 11.4 Å². The number of unbranched alkanes of at least 4 members (excludes halogenated alkanes) is 2. The zero-order valence-corrected chi connectivity index (χ0v) is 44.2. The number of rotatable bonds is 12. The second kappa shape index (κ2) is 33.9. The van der Waals surface area contributed by atoms with Crippen molar-refractivity contribution in [3.05, 3.63) is 60.3 Å². The van der Waals surface area contributed by atoms with Crippen LogP contribution >= 0.6 is 0 Å². The van der Waals surface area contributed by atoms with E-state index in [9.17, 15) is 75.3 Å². The van der Waals surface area contributed by atoms with Crippen LogP contribution in [0.4, 0.5) is 4.79 Å². The number of carbonyl (C=O) groups is 4. The third-order valence-electron chi connectivity index (χ3n) is 14.2. The van der Waals surface area contributed by atoms with E-state index in [4.69, 9.17) is 19.9 Å². The molecule has 2 aliphatic rings. The highest BCUT2D eigenvalue weighted by Crippen LogP contribution is 2.36. The molecule has 20 heteroatoms. The van der Waals surface area contributed by atoms with Gasteiger partial charge in [0.2, 0.25) is 0 Å². The Morgan fingerprint density at radius 1 is 0.797 bits per heavy atom. The molecule has 20 nitrogen and oxygen atoms in total. The van der Waals surface area contributed by atoms with Crippen LogP contribution in [-0.2, 0) is 28.6 Å². The van der Waals surface area contributed by atoms with Crippen LogP contribution in [0, 0.1) is 29.6 Å². The van der Waals surface area contributed by atoms with Crippen molar-refractivity contribution in [2.75, 3.05) is 6.54 Å². The van der Waals surface area contributed by atoms with E-state index in [1.165, 1.54) is 12.2 Å². The number of aliphatic hydroxyl groups excluding tert-OH is 9. The normalized spacial score (nSPS) is 37.9. The fourth-order valence-corrected chi connectivity index (χ4v) is 9.24. The lowest BCUT2D eigenvalue weighted by atomic mass is 9.84. The number of carboxylic acids is 1. The number of allylic oxidation sites excluding steroid dienone is 6. The highest BCUT2D eigenvalue weighted by atomic mass is 16.7. The molecule has 0 spiro atoms. The Labute approximate surface area is 436 Å². The van der Waals surface area contributed by atoms with Crippen LogP contribution in [0.25, 0.3) is 0 Å². The SMILES string of the molecule is C/C1=C\C=C\C(C)C(C(C)CCC/C=C/CCCNC(N)=O)OC(=O)/C=C/C=C/C(C)C(O)CC(O)C(C)C(O)CCC(C)C(O)CC2(O)OC(CC(OC(=O)CC(=O)O)CC(O)CC(O)CC1O)CC(O)C2O. The Bertz CT molecular complexity index is 1840. The number of aliphatic carboxylic acids is 1. The van der Waals surface area contributed by atoms with Gasteiger partial charge in [0.1, 0.15) is 24.7 Å². The maximum atomic E-state index is 13.2. The van der Waals surface area contributed by atoms with Gasteiger partial charge in [-0.1, -0.05) is 83.2 Å². The van der Waals surface area contributed by atoms with Gasteiger partial charge in [-0.05, 0) is 75.7 Å².